The predicted octanol–water partition coefficient (Wildman–Crippen LogP) is 3.63. The van der Waals surface area contributed by atoms with Crippen LogP contribution in [0.5, 0.6) is 0 Å². The summed E-state index contributed by atoms with van der Waals surface area (Å²) < 4.78 is 5.53. The van der Waals surface area contributed by atoms with E-state index < -0.39 is 11.6 Å². The van der Waals surface area contributed by atoms with Crippen LogP contribution >= 0.6 is 0 Å². The Morgan fingerprint density at radius 2 is 1.84 bits per heavy atom. The average Bonchev–Trinajstić information content (AvgIpc) is 3.16. The van der Waals surface area contributed by atoms with Gasteiger partial charge in [0.05, 0.1) is 0 Å². The molecule has 1 unspecified atom stereocenters. The van der Waals surface area contributed by atoms with Gasteiger partial charge >= 0.3 is 6.09 Å². The first-order chi connectivity index (χ1) is 17.5. The van der Waals surface area contributed by atoms with Gasteiger partial charge in [0, 0.05) is 56.5 Å². The number of amides is 4. The lowest BCUT2D eigenvalue weighted by atomic mass is 9.57. The molecular weight excluding hydrogens is 472 g/mol. The summed E-state index contributed by atoms with van der Waals surface area (Å²) in [6, 6.07) is 5.12. The quantitative estimate of drug-likeness (QED) is 0.621. The molecule has 9 heteroatoms. The van der Waals surface area contributed by atoms with E-state index in [9.17, 15) is 19.2 Å². The first kappa shape index (κ1) is 25.5. The Balaban J connectivity index is 1.14. The van der Waals surface area contributed by atoms with Gasteiger partial charge in [-0.3, -0.25) is 19.3 Å². The third kappa shape index (κ3) is 4.92. The molecule has 3 fully saturated rings. The lowest BCUT2D eigenvalue weighted by Gasteiger charge is -2.52. The molecule has 0 aromatic heterocycles. The maximum atomic E-state index is 13.1. The minimum atomic E-state index is -0.589. The summed E-state index contributed by atoms with van der Waals surface area (Å²) in [5.74, 6) is -0.0817. The highest BCUT2D eigenvalue weighted by molar-refractivity contribution is 6.06. The maximum absolute atomic E-state index is 13.1. The second-order valence-electron chi connectivity index (χ2n) is 12.2. The average molecular weight is 511 g/mol. The molecular formula is C28H38N4O5. The summed E-state index contributed by atoms with van der Waals surface area (Å²) in [5, 5.41) is 3.58. The fraction of sp³-hybridized carbons (Fsp3) is 0.643. The van der Waals surface area contributed by atoms with Gasteiger partial charge in [0.15, 0.2) is 0 Å². The number of imide groups is 1. The number of carbonyl (C=O) groups is 4. The van der Waals surface area contributed by atoms with Crippen molar-refractivity contribution in [2.45, 2.75) is 77.5 Å². The topological polar surface area (TPSA) is 99.3 Å². The Labute approximate surface area is 218 Å². The summed E-state index contributed by atoms with van der Waals surface area (Å²) in [4.78, 5) is 54.7. The van der Waals surface area contributed by atoms with Gasteiger partial charge in [-0.05, 0) is 76.3 Å². The van der Waals surface area contributed by atoms with Crippen LogP contribution in [0.4, 0.5) is 10.5 Å². The van der Waals surface area contributed by atoms with Crippen LogP contribution < -0.4 is 5.32 Å². The van der Waals surface area contributed by atoms with Crippen molar-refractivity contribution >= 4 is 29.5 Å². The molecule has 2 saturated heterocycles. The van der Waals surface area contributed by atoms with Gasteiger partial charge < -0.3 is 19.9 Å². The summed E-state index contributed by atoms with van der Waals surface area (Å²) in [6.45, 7) is 8.40. The normalized spacial score (nSPS) is 23.8. The number of carbonyl (C=O) groups excluding carboxylic acids is 4. The molecule has 0 bridgehead atoms. The van der Waals surface area contributed by atoms with Crippen LogP contribution in [-0.2, 0) is 20.9 Å². The molecule has 1 spiro atoms. The van der Waals surface area contributed by atoms with Gasteiger partial charge in [-0.15, -0.1) is 0 Å². The third-order valence-electron chi connectivity index (χ3n) is 8.49. The number of likely N-dealkylation sites (N-methyl/N-ethyl adjacent to an activating group) is 1. The summed E-state index contributed by atoms with van der Waals surface area (Å²) in [6.07, 6.45) is 4.74. The standard InChI is InChI=1S/C28H38N4O5/c1-27(2,3)37-26(36)31-12-10-28(11-13-31)14-18(15-28)16-29-21-7-5-6-19-20(21)17-32(24(19)34)22-8-9-23(33)30(4)25(22)35/h5-7,18,22,29H,8-17H2,1-4H3. The Morgan fingerprint density at radius 1 is 1.14 bits per heavy atom. The van der Waals surface area contributed by atoms with Crippen LogP contribution in [0.2, 0.25) is 0 Å². The monoisotopic (exact) mass is 510 g/mol. The molecule has 4 amide bonds. The molecule has 9 nitrogen and oxygen atoms in total. The number of ether oxygens (including phenoxy) is 1. The van der Waals surface area contributed by atoms with Gasteiger partial charge in [-0.2, -0.15) is 0 Å². The molecule has 1 aromatic carbocycles. The number of likely N-dealkylation sites (tertiary alicyclic amines) is 2. The fourth-order valence-electron chi connectivity index (χ4n) is 6.42. The predicted molar refractivity (Wildman–Crippen MR) is 138 cm³/mol. The number of piperidine rings is 2. The number of fused-ring (bicyclic) bond motifs is 1. The largest absolute Gasteiger partial charge is 0.444 e. The molecule has 200 valence electrons. The lowest BCUT2D eigenvalue weighted by molar-refractivity contribution is -0.150. The van der Waals surface area contributed by atoms with Crippen LogP contribution in [0.25, 0.3) is 0 Å². The van der Waals surface area contributed by atoms with Crippen LogP contribution in [0.3, 0.4) is 0 Å². The number of nitrogens with zero attached hydrogens (tertiary/aromatic N) is 3. The van der Waals surface area contributed by atoms with Crippen molar-refractivity contribution in [3.63, 3.8) is 0 Å². The van der Waals surface area contributed by atoms with Crippen molar-refractivity contribution in [3.05, 3.63) is 29.3 Å². The van der Waals surface area contributed by atoms with Crippen molar-refractivity contribution in [3.8, 4) is 0 Å². The molecule has 1 N–H and O–H groups in total. The highest BCUT2D eigenvalue weighted by Gasteiger charge is 2.47. The fourth-order valence-corrected chi connectivity index (χ4v) is 6.42. The van der Waals surface area contributed by atoms with E-state index in [1.165, 1.54) is 7.05 Å². The molecule has 3 heterocycles. The molecule has 37 heavy (non-hydrogen) atoms. The zero-order chi connectivity index (χ0) is 26.5. The molecule has 1 saturated carbocycles. The summed E-state index contributed by atoms with van der Waals surface area (Å²) in [5.41, 5.74) is 2.36. The van der Waals surface area contributed by atoms with E-state index >= 15 is 0 Å². The van der Waals surface area contributed by atoms with Crippen molar-refractivity contribution in [1.29, 1.82) is 0 Å². The van der Waals surface area contributed by atoms with Gasteiger partial charge in [0.25, 0.3) is 11.8 Å². The third-order valence-corrected chi connectivity index (χ3v) is 8.49. The molecule has 1 aliphatic carbocycles. The molecule has 3 aliphatic heterocycles. The van der Waals surface area contributed by atoms with Crippen molar-refractivity contribution < 1.29 is 23.9 Å². The minimum Gasteiger partial charge on any atom is -0.444 e. The van der Waals surface area contributed by atoms with Gasteiger partial charge in [0.1, 0.15) is 11.6 Å². The first-order valence-electron chi connectivity index (χ1n) is 13.4. The van der Waals surface area contributed by atoms with Crippen molar-refractivity contribution in [2.75, 3.05) is 32.0 Å². The number of anilines is 1. The maximum Gasteiger partial charge on any atom is 0.410 e. The molecule has 0 radical (unpaired) electrons. The number of benzene rings is 1. The van der Waals surface area contributed by atoms with Gasteiger partial charge in [0.2, 0.25) is 5.91 Å². The molecule has 1 aromatic rings. The second kappa shape index (κ2) is 9.33. The number of rotatable bonds is 4. The van der Waals surface area contributed by atoms with E-state index in [1.54, 1.807) is 4.90 Å². The van der Waals surface area contributed by atoms with Crippen LogP contribution in [0, 0.1) is 11.3 Å². The van der Waals surface area contributed by atoms with Crippen molar-refractivity contribution in [1.82, 2.24) is 14.7 Å². The van der Waals surface area contributed by atoms with Crippen molar-refractivity contribution in [2.24, 2.45) is 11.3 Å². The number of nitrogens with one attached hydrogen (secondary N) is 1. The Bertz CT molecular complexity index is 1110. The smallest absolute Gasteiger partial charge is 0.410 e. The van der Waals surface area contributed by atoms with E-state index in [-0.39, 0.29) is 30.2 Å². The van der Waals surface area contributed by atoms with E-state index in [4.69, 9.17) is 4.74 Å². The zero-order valence-corrected chi connectivity index (χ0v) is 22.3. The minimum absolute atomic E-state index is 0.140. The van der Waals surface area contributed by atoms with E-state index in [0.29, 0.717) is 29.9 Å². The van der Waals surface area contributed by atoms with E-state index in [1.807, 2.05) is 43.9 Å². The van der Waals surface area contributed by atoms with Gasteiger partial charge in [-0.1, -0.05) is 6.07 Å². The summed E-state index contributed by atoms with van der Waals surface area (Å²) in [7, 11) is 1.49. The van der Waals surface area contributed by atoms with Crippen LogP contribution in [0.1, 0.15) is 75.2 Å². The Kier molecular flexibility index (Phi) is 6.44. The highest BCUT2D eigenvalue weighted by atomic mass is 16.6. The lowest BCUT2D eigenvalue weighted by Crippen LogP contribution is -2.53. The van der Waals surface area contributed by atoms with E-state index in [0.717, 1.165) is 61.5 Å². The first-order valence-corrected chi connectivity index (χ1v) is 13.4. The summed E-state index contributed by atoms with van der Waals surface area (Å²) >= 11 is 0. The van der Waals surface area contributed by atoms with Gasteiger partial charge in [-0.25, -0.2) is 4.79 Å². The Morgan fingerprint density at radius 3 is 2.51 bits per heavy atom. The number of hydrogen-bond acceptors (Lipinski definition) is 6. The van der Waals surface area contributed by atoms with Crippen LogP contribution in [0.15, 0.2) is 18.2 Å². The SMILES string of the molecule is CN1C(=O)CCC(N2Cc3c(NCC4CC5(CCN(C(=O)OC(C)(C)C)CC5)C4)cccc3C2=O)C1=O. The molecule has 1 atom stereocenters. The highest BCUT2D eigenvalue weighted by Crippen LogP contribution is 2.52. The van der Waals surface area contributed by atoms with Crippen LogP contribution in [-0.4, -0.2) is 76.8 Å². The second-order valence-corrected chi connectivity index (χ2v) is 12.2. The Hall–Kier alpha value is -3.10. The molecule has 4 aliphatic rings. The van der Waals surface area contributed by atoms with E-state index in [2.05, 4.69) is 5.32 Å². The molecule has 5 rings (SSSR count). The zero-order valence-electron chi connectivity index (χ0n) is 22.3. The number of hydrogen-bond donors (Lipinski definition) is 1.